The molecule has 5 heteroatoms. The van der Waals surface area contributed by atoms with E-state index in [9.17, 15) is 4.79 Å². The molecule has 2 rings (SSSR count). The summed E-state index contributed by atoms with van der Waals surface area (Å²) in [4.78, 5) is 11.8. The molecule has 0 saturated heterocycles. The number of aryl methyl sites for hydroxylation is 1. The second-order valence-electron chi connectivity index (χ2n) is 4.88. The number of hydrogen-bond donors (Lipinski definition) is 3. The van der Waals surface area contributed by atoms with Gasteiger partial charge >= 0.3 is 7.12 Å². The lowest BCUT2D eigenvalue weighted by molar-refractivity contribution is -0.121. The second kappa shape index (κ2) is 7.62. The Hall–Kier alpha value is -2.11. The van der Waals surface area contributed by atoms with Crippen molar-refractivity contribution in [2.45, 2.75) is 19.4 Å². The van der Waals surface area contributed by atoms with Crippen molar-refractivity contribution in [3.63, 3.8) is 0 Å². The van der Waals surface area contributed by atoms with Crippen molar-refractivity contribution in [3.8, 4) is 0 Å². The Kier molecular flexibility index (Phi) is 5.55. The van der Waals surface area contributed by atoms with Crippen molar-refractivity contribution in [2.75, 3.05) is 0 Å². The highest BCUT2D eigenvalue weighted by Gasteiger charge is 2.09. The van der Waals surface area contributed by atoms with E-state index in [4.69, 9.17) is 10.0 Å². The molecule has 0 unspecified atom stereocenters. The number of nitrogens with one attached hydrogen (secondary N) is 1. The molecule has 2 aromatic carbocycles. The monoisotopic (exact) mass is 283 g/mol. The number of benzene rings is 2. The number of amides is 1. The van der Waals surface area contributed by atoms with Gasteiger partial charge in [0.1, 0.15) is 0 Å². The lowest BCUT2D eigenvalue weighted by Crippen LogP contribution is -2.30. The number of hydrogen-bond acceptors (Lipinski definition) is 3. The Morgan fingerprint density at radius 2 is 1.62 bits per heavy atom. The SMILES string of the molecule is O=C(CCc1ccccc1)NCc1ccc(B(O)O)cc1. The molecule has 0 aliphatic heterocycles. The molecule has 0 aliphatic carbocycles. The first-order valence-electron chi connectivity index (χ1n) is 6.91. The molecule has 2 aromatic rings. The summed E-state index contributed by atoms with van der Waals surface area (Å²) < 4.78 is 0. The number of rotatable bonds is 6. The predicted octanol–water partition coefficient (Wildman–Crippen LogP) is 0.615. The number of carbonyl (C=O) groups is 1. The lowest BCUT2D eigenvalue weighted by atomic mass is 9.80. The van der Waals surface area contributed by atoms with Crippen molar-refractivity contribution in [1.29, 1.82) is 0 Å². The Labute approximate surface area is 124 Å². The molecule has 0 heterocycles. The van der Waals surface area contributed by atoms with E-state index in [1.165, 1.54) is 0 Å². The van der Waals surface area contributed by atoms with Crippen molar-refractivity contribution in [2.24, 2.45) is 0 Å². The zero-order valence-electron chi connectivity index (χ0n) is 11.7. The van der Waals surface area contributed by atoms with E-state index in [1.54, 1.807) is 24.3 Å². The van der Waals surface area contributed by atoms with Crippen LogP contribution in [0.4, 0.5) is 0 Å². The molecule has 0 aliphatic rings. The van der Waals surface area contributed by atoms with Crippen LogP contribution in [0.25, 0.3) is 0 Å². The first kappa shape index (κ1) is 15.3. The smallest absolute Gasteiger partial charge is 0.423 e. The maximum Gasteiger partial charge on any atom is 0.488 e. The van der Waals surface area contributed by atoms with Gasteiger partial charge in [0.2, 0.25) is 5.91 Å². The van der Waals surface area contributed by atoms with Gasteiger partial charge in [-0.25, -0.2) is 0 Å². The van der Waals surface area contributed by atoms with Gasteiger partial charge in [0.05, 0.1) is 0 Å². The first-order chi connectivity index (χ1) is 10.1. The maximum atomic E-state index is 11.8. The molecule has 0 bridgehead atoms. The number of carbonyl (C=O) groups excluding carboxylic acids is 1. The second-order valence-corrected chi connectivity index (χ2v) is 4.88. The van der Waals surface area contributed by atoms with Crippen LogP contribution in [0.15, 0.2) is 54.6 Å². The molecule has 0 spiro atoms. The van der Waals surface area contributed by atoms with Gasteiger partial charge in [0.15, 0.2) is 0 Å². The normalized spacial score (nSPS) is 10.2. The minimum atomic E-state index is -1.46. The van der Waals surface area contributed by atoms with Gasteiger partial charge in [-0.15, -0.1) is 0 Å². The molecule has 3 N–H and O–H groups in total. The van der Waals surface area contributed by atoms with E-state index in [-0.39, 0.29) is 5.91 Å². The van der Waals surface area contributed by atoms with Gasteiger partial charge < -0.3 is 15.4 Å². The van der Waals surface area contributed by atoms with Crippen LogP contribution in [0, 0.1) is 0 Å². The molecule has 1 amide bonds. The van der Waals surface area contributed by atoms with E-state index in [1.807, 2.05) is 30.3 Å². The summed E-state index contributed by atoms with van der Waals surface area (Å²) in [6.07, 6.45) is 1.18. The standard InChI is InChI=1S/C16H18BNO3/c19-16(11-8-13-4-2-1-3-5-13)18-12-14-6-9-15(10-7-14)17(20)21/h1-7,9-10,20-21H,8,11-12H2,(H,18,19). The fourth-order valence-corrected chi connectivity index (χ4v) is 2.00. The van der Waals surface area contributed by atoms with E-state index in [2.05, 4.69) is 5.32 Å². The summed E-state index contributed by atoms with van der Waals surface area (Å²) in [6.45, 7) is 0.440. The maximum absolute atomic E-state index is 11.8. The Balaban J connectivity index is 1.76. The minimum absolute atomic E-state index is 0.00474. The molecule has 0 radical (unpaired) electrons. The van der Waals surface area contributed by atoms with Gasteiger partial charge in [-0.05, 0) is 23.0 Å². The molecule has 0 aromatic heterocycles. The molecule has 21 heavy (non-hydrogen) atoms. The lowest BCUT2D eigenvalue weighted by Gasteiger charge is -2.06. The van der Waals surface area contributed by atoms with Crippen LogP contribution in [0.2, 0.25) is 0 Å². The van der Waals surface area contributed by atoms with Crippen molar-refractivity contribution < 1.29 is 14.8 Å². The minimum Gasteiger partial charge on any atom is -0.423 e. The van der Waals surface area contributed by atoms with Crippen molar-refractivity contribution in [1.82, 2.24) is 5.32 Å². The molecular formula is C16H18BNO3. The third kappa shape index (κ3) is 5.06. The summed E-state index contributed by atoms with van der Waals surface area (Å²) in [5.74, 6) is 0.00474. The van der Waals surface area contributed by atoms with E-state index >= 15 is 0 Å². The van der Waals surface area contributed by atoms with Crippen molar-refractivity contribution in [3.05, 3.63) is 65.7 Å². The summed E-state index contributed by atoms with van der Waals surface area (Å²) in [6, 6.07) is 16.7. The highest BCUT2D eigenvalue weighted by atomic mass is 16.4. The Morgan fingerprint density at radius 1 is 0.952 bits per heavy atom. The fourth-order valence-electron chi connectivity index (χ4n) is 2.00. The average molecular weight is 283 g/mol. The zero-order chi connectivity index (χ0) is 15.1. The van der Waals surface area contributed by atoms with Crippen LogP contribution < -0.4 is 10.8 Å². The van der Waals surface area contributed by atoms with Crippen molar-refractivity contribution >= 4 is 18.5 Å². The zero-order valence-corrected chi connectivity index (χ0v) is 11.7. The quantitative estimate of drug-likeness (QED) is 0.681. The molecule has 0 saturated carbocycles. The molecular weight excluding hydrogens is 265 g/mol. The summed E-state index contributed by atoms with van der Waals surface area (Å²) in [5.41, 5.74) is 2.51. The summed E-state index contributed by atoms with van der Waals surface area (Å²) in [7, 11) is -1.46. The van der Waals surface area contributed by atoms with Crippen LogP contribution in [0.1, 0.15) is 17.5 Å². The highest BCUT2D eigenvalue weighted by molar-refractivity contribution is 6.58. The van der Waals surface area contributed by atoms with Gasteiger partial charge in [-0.3, -0.25) is 4.79 Å². The molecule has 0 fully saturated rings. The van der Waals surface area contributed by atoms with Gasteiger partial charge in [0.25, 0.3) is 0 Å². The van der Waals surface area contributed by atoms with Gasteiger partial charge in [0, 0.05) is 13.0 Å². The Morgan fingerprint density at radius 3 is 2.24 bits per heavy atom. The largest absolute Gasteiger partial charge is 0.488 e. The van der Waals surface area contributed by atoms with Crippen LogP contribution in [0.5, 0.6) is 0 Å². The molecule has 108 valence electrons. The first-order valence-corrected chi connectivity index (χ1v) is 6.91. The molecule has 4 nitrogen and oxygen atoms in total. The van der Waals surface area contributed by atoms with E-state index < -0.39 is 7.12 Å². The Bertz CT molecular complexity index is 570. The third-order valence-corrected chi connectivity index (χ3v) is 3.25. The van der Waals surface area contributed by atoms with Crippen LogP contribution in [0.3, 0.4) is 0 Å². The predicted molar refractivity (Wildman–Crippen MR) is 82.9 cm³/mol. The average Bonchev–Trinajstić information content (AvgIpc) is 2.52. The summed E-state index contributed by atoms with van der Waals surface area (Å²) >= 11 is 0. The van der Waals surface area contributed by atoms with Gasteiger partial charge in [-0.1, -0.05) is 54.6 Å². The van der Waals surface area contributed by atoms with Crippen LogP contribution in [-0.4, -0.2) is 23.1 Å². The van der Waals surface area contributed by atoms with E-state index in [0.717, 1.165) is 17.5 Å². The highest BCUT2D eigenvalue weighted by Crippen LogP contribution is 2.03. The fraction of sp³-hybridized carbons (Fsp3) is 0.188. The summed E-state index contributed by atoms with van der Waals surface area (Å²) in [5, 5.41) is 20.8. The molecule has 0 atom stereocenters. The van der Waals surface area contributed by atoms with Crippen LogP contribution >= 0.6 is 0 Å². The topological polar surface area (TPSA) is 69.6 Å². The van der Waals surface area contributed by atoms with Crippen LogP contribution in [-0.2, 0) is 17.8 Å². The van der Waals surface area contributed by atoms with Gasteiger partial charge in [-0.2, -0.15) is 0 Å². The third-order valence-electron chi connectivity index (χ3n) is 3.25. The van der Waals surface area contributed by atoms with E-state index in [0.29, 0.717) is 18.4 Å².